The van der Waals surface area contributed by atoms with Crippen molar-refractivity contribution in [2.24, 2.45) is 0 Å². The molecule has 3 aromatic rings. The number of aromatic nitrogens is 5. The van der Waals surface area contributed by atoms with Crippen LogP contribution in [-0.4, -0.2) is 55.6 Å². The number of likely N-dealkylation sites (tertiary alicyclic amines) is 1. The Hall–Kier alpha value is -3.30. The molecule has 1 unspecified atom stereocenters. The van der Waals surface area contributed by atoms with E-state index in [4.69, 9.17) is 9.26 Å². The van der Waals surface area contributed by atoms with Crippen LogP contribution in [-0.2, 0) is 11.2 Å². The average Bonchev–Trinajstić information content (AvgIpc) is 3.42. The monoisotopic (exact) mass is 400 g/mol. The molecule has 1 atom stereocenters. The lowest BCUT2D eigenvalue weighted by atomic mass is 10.1. The quantitative estimate of drug-likeness (QED) is 0.626. The highest BCUT2D eigenvalue weighted by Crippen LogP contribution is 2.23. The summed E-state index contributed by atoms with van der Waals surface area (Å²) in [7, 11) is 0. The molecule has 29 heavy (non-hydrogen) atoms. The van der Waals surface area contributed by atoms with Crippen molar-refractivity contribution in [3.05, 3.63) is 42.1 Å². The standard InChI is InChI=1S/C19H21FN6O3/c1-2-17-21-19(29-23-17)16-11-26(24-22-16)14-4-3-9-25(10-14)18(27)12-28-15-7-5-13(20)6-8-15/h5-8,11,14H,2-4,9-10,12H2,1H3. The Kier molecular flexibility index (Phi) is 5.50. The van der Waals surface area contributed by atoms with Gasteiger partial charge in [0, 0.05) is 19.5 Å². The van der Waals surface area contributed by atoms with E-state index in [1.165, 1.54) is 24.3 Å². The van der Waals surface area contributed by atoms with Gasteiger partial charge in [-0.1, -0.05) is 17.3 Å². The van der Waals surface area contributed by atoms with Crippen molar-refractivity contribution in [2.75, 3.05) is 19.7 Å². The van der Waals surface area contributed by atoms with Crippen LogP contribution in [0.5, 0.6) is 5.75 Å². The molecule has 0 radical (unpaired) electrons. The predicted molar refractivity (Wildman–Crippen MR) is 99.4 cm³/mol. The summed E-state index contributed by atoms with van der Waals surface area (Å²) in [5.41, 5.74) is 0.514. The lowest BCUT2D eigenvalue weighted by Gasteiger charge is -2.32. The van der Waals surface area contributed by atoms with Gasteiger partial charge in [0.1, 0.15) is 11.6 Å². The van der Waals surface area contributed by atoms with E-state index in [0.717, 1.165) is 12.8 Å². The zero-order valence-corrected chi connectivity index (χ0v) is 16.0. The van der Waals surface area contributed by atoms with E-state index in [9.17, 15) is 9.18 Å². The van der Waals surface area contributed by atoms with Crippen LogP contribution in [0.2, 0.25) is 0 Å². The highest BCUT2D eigenvalue weighted by Gasteiger charge is 2.26. The lowest BCUT2D eigenvalue weighted by molar-refractivity contribution is -0.135. The Morgan fingerprint density at radius 2 is 2.17 bits per heavy atom. The summed E-state index contributed by atoms with van der Waals surface area (Å²) < 4.78 is 25.4. The summed E-state index contributed by atoms with van der Waals surface area (Å²) in [5, 5.41) is 12.2. The SMILES string of the molecule is CCc1noc(-c2cn(C3CCCN(C(=O)COc4ccc(F)cc4)C3)nn2)n1. The third-order valence-corrected chi connectivity index (χ3v) is 4.81. The fourth-order valence-corrected chi connectivity index (χ4v) is 3.22. The molecule has 0 aliphatic carbocycles. The largest absolute Gasteiger partial charge is 0.484 e. The number of carbonyl (C=O) groups excluding carboxylic acids is 1. The number of nitrogens with zero attached hydrogens (tertiary/aromatic N) is 6. The first kappa shape index (κ1) is 19.0. The maximum absolute atomic E-state index is 13.0. The molecule has 0 saturated carbocycles. The molecule has 1 aliphatic rings. The van der Waals surface area contributed by atoms with Gasteiger partial charge >= 0.3 is 0 Å². The number of aryl methyl sites for hydroxylation is 1. The van der Waals surface area contributed by atoms with E-state index < -0.39 is 0 Å². The van der Waals surface area contributed by atoms with E-state index >= 15 is 0 Å². The fraction of sp³-hybridized carbons (Fsp3) is 0.421. The molecule has 10 heteroatoms. The average molecular weight is 400 g/mol. The third-order valence-electron chi connectivity index (χ3n) is 4.81. The molecular weight excluding hydrogens is 379 g/mol. The minimum absolute atomic E-state index is 0.00772. The molecule has 1 saturated heterocycles. The summed E-state index contributed by atoms with van der Waals surface area (Å²) in [6, 6.07) is 5.60. The van der Waals surface area contributed by atoms with Crippen LogP contribution in [0.4, 0.5) is 4.39 Å². The normalized spacial score (nSPS) is 16.8. The van der Waals surface area contributed by atoms with Crippen molar-refractivity contribution in [1.29, 1.82) is 0 Å². The Morgan fingerprint density at radius 3 is 2.93 bits per heavy atom. The molecule has 2 aromatic heterocycles. The number of hydrogen-bond donors (Lipinski definition) is 0. The Labute approximate surface area is 166 Å². The van der Waals surface area contributed by atoms with Gasteiger partial charge in [0.25, 0.3) is 11.8 Å². The number of hydrogen-bond acceptors (Lipinski definition) is 7. The molecule has 3 heterocycles. The molecule has 1 aromatic carbocycles. The molecule has 0 N–H and O–H groups in total. The maximum atomic E-state index is 13.0. The van der Waals surface area contributed by atoms with Crippen LogP contribution in [0.1, 0.15) is 31.6 Å². The van der Waals surface area contributed by atoms with Gasteiger partial charge in [-0.05, 0) is 37.1 Å². The summed E-state index contributed by atoms with van der Waals surface area (Å²) in [4.78, 5) is 18.5. The number of halogens is 1. The van der Waals surface area contributed by atoms with E-state index in [1.54, 1.807) is 15.8 Å². The first-order chi connectivity index (χ1) is 14.1. The predicted octanol–water partition coefficient (Wildman–Crippen LogP) is 2.27. The van der Waals surface area contributed by atoms with Crippen LogP contribution in [0.15, 0.2) is 35.0 Å². The van der Waals surface area contributed by atoms with Gasteiger partial charge in [-0.2, -0.15) is 4.98 Å². The molecular formula is C19H21FN6O3. The highest BCUT2D eigenvalue weighted by molar-refractivity contribution is 5.77. The molecule has 1 fully saturated rings. The van der Waals surface area contributed by atoms with Crippen molar-refractivity contribution in [2.45, 2.75) is 32.2 Å². The molecule has 9 nitrogen and oxygen atoms in total. The van der Waals surface area contributed by atoms with E-state index in [1.807, 2.05) is 6.92 Å². The second kappa shape index (κ2) is 8.38. The zero-order valence-electron chi connectivity index (χ0n) is 16.0. The van der Waals surface area contributed by atoms with E-state index in [-0.39, 0.29) is 24.4 Å². The molecule has 4 rings (SSSR count). The van der Waals surface area contributed by atoms with E-state index in [2.05, 4.69) is 20.5 Å². The minimum Gasteiger partial charge on any atom is -0.484 e. The number of benzene rings is 1. The first-order valence-electron chi connectivity index (χ1n) is 9.53. The number of ether oxygens (including phenoxy) is 1. The summed E-state index contributed by atoms with van der Waals surface area (Å²) in [6.07, 6.45) is 4.18. The van der Waals surface area contributed by atoms with Crippen molar-refractivity contribution in [3.8, 4) is 17.3 Å². The topological polar surface area (TPSA) is 99.2 Å². The number of amides is 1. The maximum Gasteiger partial charge on any atom is 0.280 e. The fourth-order valence-electron chi connectivity index (χ4n) is 3.22. The van der Waals surface area contributed by atoms with Crippen LogP contribution in [0.25, 0.3) is 11.6 Å². The van der Waals surface area contributed by atoms with Gasteiger partial charge in [0.15, 0.2) is 18.1 Å². The van der Waals surface area contributed by atoms with Crippen molar-refractivity contribution in [1.82, 2.24) is 30.0 Å². The number of piperidine rings is 1. The Balaban J connectivity index is 1.36. The van der Waals surface area contributed by atoms with Crippen LogP contribution in [0, 0.1) is 5.82 Å². The van der Waals surface area contributed by atoms with Crippen molar-refractivity contribution in [3.63, 3.8) is 0 Å². The minimum atomic E-state index is -0.346. The smallest absolute Gasteiger partial charge is 0.280 e. The molecule has 0 spiro atoms. The summed E-state index contributed by atoms with van der Waals surface area (Å²) >= 11 is 0. The molecule has 1 amide bonds. The lowest BCUT2D eigenvalue weighted by Crippen LogP contribution is -2.43. The Bertz CT molecular complexity index is 970. The van der Waals surface area contributed by atoms with Crippen LogP contribution in [0.3, 0.4) is 0 Å². The third kappa shape index (κ3) is 4.41. The molecule has 152 valence electrons. The molecule has 1 aliphatic heterocycles. The van der Waals surface area contributed by atoms with Gasteiger partial charge in [-0.3, -0.25) is 4.79 Å². The summed E-state index contributed by atoms with van der Waals surface area (Å²) in [6.45, 7) is 3.02. The first-order valence-corrected chi connectivity index (χ1v) is 9.53. The number of carbonyl (C=O) groups is 1. The van der Waals surface area contributed by atoms with Gasteiger partial charge < -0.3 is 14.2 Å². The number of rotatable bonds is 6. The van der Waals surface area contributed by atoms with Gasteiger partial charge in [-0.25, -0.2) is 9.07 Å². The molecule has 0 bridgehead atoms. The van der Waals surface area contributed by atoms with Crippen LogP contribution < -0.4 is 4.74 Å². The second-order valence-electron chi connectivity index (χ2n) is 6.83. The van der Waals surface area contributed by atoms with Gasteiger partial charge in [0.05, 0.1) is 12.2 Å². The zero-order chi connectivity index (χ0) is 20.2. The van der Waals surface area contributed by atoms with Crippen LogP contribution >= 0.6 is 0 Å². The van der Waals surface area contributed by atoms with Gasteiger partial charge in [0.2, 0.25) is 0 Å². The van der Waals surface area contributed by atoms with E-state index in [0.29, 0.717) is 42.7 Å². The highest BCUT2D eigenvalue weighted by atomic mass is 19.1. The van der Waals surface area contributed by atoms with Crippen molar-refractivity contribution < 1.29 is 18.4 Å². The summed E-state index contributed by atoms with van der Waals surface area (Å²) in [5.74, 6) is 0.944. The Morgan fingerprint density at radius 1 is 1.34 bits per heavy atom. The van der Waals surface area contributed by atoms with Gasteiger partial charge in [-0.15, -0.1) is 5.10 Å². The van der Waals surface area contributed by atoms with Crippen molar-refractivity contribution >= 4 is 5.91 Å². The second-order valence-corrected chi connectivity index (χ2v) is 6.83.